The van der Waals surface area contributed by atoms with Crippen LogP contribution in [0.1, 0.15) is 64.5 Å². The van der Waals surface area contributed by atoms with Crippen molar-refractivity contribution in [1.29, 1.82) is 0 Å². The van der Waals surface area contributed by atoms with Gasteiger partial charge in [0, 0.05) is 5.56 Å². The summed E-state index contributed by atoms with van der Waals surface area (Å²) in [6.45, 7) is 14.4. The standard InChI is InChI=1S/C27H40O3Si/c1-26(2,3)31(7,8)30-24-14-12-22-20-11-9-18-10-13-23(28-5)25(29-6)21(18)17-19(20)15-16-27(22,24)4/h9-11,13,22,24H,12,14-17H2,1-8H3/t22-,24-,27-/m0/s1. The summed E-state index contributed by atoms with van der Waals surface area (Å²) in [4.78, 5) is 0. The molecule has 4 heteroatoms. The van der Waals surface area contributed by atoms with Gasteiger partial charge in [-0.1, -0.05) is 51.5 Å². The highest BCUT2D eigenvalue weighted by Crippen LogP contribution is 2.58. The number of rotatable bonds is 4. The van der Waals surface area contributed by atoms with E-state index in [0.717, 1.165) is 24.3 Å². The molecule has 170 valence electrons. The van der Waals surface area contributed by atoms with Crippen molar-refractivity contribution in [3.63, 3.8) is 0 Å². The summed E-state index contributed by atoms with van der Waals surface area (Å²) in [6, 6.07) is 4.19. The van der Waals surface area contributed by atoms with Crippen LogP contribution in [-0.4, -0.2) is 28.6 Å². The minimum Gasteiger partial charge on any atom is -0.493 e. The zero-order valence-electron chi connectivity index (χ0n) is 20.7. The molecule has 1 saturated carbocycles. The predicted molar refractivity (Wildman–Crippen MR) is 131 cm³/mol. The third kappa shape index (κ3) is 3.70. The Hall–Kier alpha value is -1.52. The highest BCUT2D eigenvalue weighted by Gasteiger charge is 2.53. The van der Waals surface area contributed by atoms with Gasteiger partial charge in [-0.3, -0.25) is 0 Å². The molecule has 1 fully saturated rings. The van der Waals surface area contributed by atoms with Crippen LogP contribution in [0.15, 0.2) is 29.4 Å². The lowest BCUT2D eigenvalue weighted by Crippen LogP contribution is -2.48. The lowest BCUT2D eigenvalue weighted by molar-refractivity contribution is 0.0458. The third-order valence-corrected chi connectivity index (χ3v) is 13.2. The summed E-state index contributed by atoms with van der Waals surface area (Å²) in [5, 5.41) is 0.250. The molecule has 0 unspecified atom stereocenters. The van der Waals surface area contributed by atoms with Crippen molar-refractivity contribution < 1.29 is 13.9 Å². The first-order valence-electron chi connectivity index (χ1n) is 11.8. The Bertz CT molecular complexity index is 921. The van der Waals surface area contributed by atoms with Crippen LogP contribution in [0.3, 0.4) is 0 Å². The number of allylic oxidation sites excluding steroid dienone is 3. The molecule has 1 aromatic rings. The molecule has 3 aliphatic rings. The van der Waals surface area contributed by atoms with Crippen molar-refractivity contribution >= 4 is 14.4 Å². The Morgan fingerprint density at radius 1 is 1.03 bits per heavy atom. The van der Waals surface area contributed by atoms with Gasteiger partial charge in [-0.25, -0.2) is 0 Å². The fourth-order valence-corrected chi connectivity index (χ4v) is 7.20. The second-order valence-corrected chi connectivity index (χ2v) is 16.2. The van der Waals surface area contributed by atoms with Crippen molar-refractivity contribution in [2.45, 2.75) is 84.0 Å². The van der Waals surface area contributed by atoms with E-state index < -0.39 is 8.32 Å². The first-order valence-corrected chi connectivity index (χ1v) is 14.7. The topological polar surface area (TPSA) is 27.7 Å². The van der Waals surface area contributed by atoms with E-state index in [-0.39, 0.29) is 10.5 Å². The van der Waals surface area contributed by atoms with E-state index in [1.807, 2.05) is 6.07 Å². The second-order valence-electron chi connectivity index (χ2n) is 11.4. The van der Waals surface area contributed by atoms with Gasteiger partial charge in [-0.05, 0) is 78.8 Å². The van der Waals surface area contributed by atoms with Crippen molar-refractivity contribution in [2.75, 3.05) is 14.2 Å². The Balaban J connectivity index is 1.66. The summed E-state index contributed by atoms with van der Waals surface area (Å²) < 4.78 is 18.4. The molecule has 0 spiro atoms. The zero-order valence-corrected chi connectivity index (χ0v) is 21.7. The normalized spacial score (nSPS) is 28.0. The van der Waals surface area contributed by atoms with Gasteiger partial charge in [-0.15, -0.1) is 0 Å². The van der Waals surface area contributed by atoms with Gasteiger partial charge in [-0.2, -0.15) is 0 Å². The quantitative estimate of drug-likeness (QED) is 0.464. The maximum absolute atomic E-state index is 7.03. The van der Waals surface area contributed by atoms with Gasteiger partial charge >= 0.3 is 0 Å². The summed E-state index contributed by atoms with van der Waals surface area (Å²) in [6.07, 6.45) is 10.8. The van der Waals surface area contributed by atoms with Crippen LogP contribution in [0.4, 0.5) is 0 Å². The van der Waals surface area contributed by atoms with Crippen LogP contribution < -0.4 is 9.47 Å². The van der Waals surface area contributed by atoms with Crippen molar-refractivity contribution in [3.05, 3.63) is 40.5 Å². The zero-order chi connectivity index (χ0) is 22.6. The Kier molecular flexibility index (Phi) is 5.71. The first kappa shape index (κ1) is 22.7. The molecule has 0 bridgehead atoms. The average Bonchev–Trinajstić information content (AvgIpc) is 2.90. The van der Waals surface area contributed by atoms with Gasteiger partial charge in [0.15, 0.2) is 19.8 Å². The molecule has 31 heavy (non-hydrogen) atoms. The molecule has 0 aromatic heterocycles. The summed E-state index contributed by atoms with van der Waals surface area (Å²) in [5.74, 6) is 2.30. The molecular weight excluding hydrogens is 400 g/mol. The monoisotopic (exact) mass is 440 g/mol. The fourth-order valence-electron chi connectivity index (χ4n) is 5.75. The number of benzene rings is 1. The maximum atomic E-state index is 7.03. The molecule has 3 aliphatic carbocycles. The molecule has 4 rings (SSSR count). The number of hydrogen-bond acceptors (Lipinski definition) is 3. The van der Waals surface area contributed by atoms with Gasteiger partial charge in [0.05, 0.1) is 20.3 Å². The molecule has 1 aromatic carbocycles. The van der Waals surface area contributed by atoms with Crippen LogP contribution in [-0.2, 0) is 10.8 Å². The third-order valence-electron chi connectivity index (χ3n) is 8.76. The van der Waals surface area contributed by atoms with Crippen LogP contribution in [0.2, 0.25) is 18.1 Å². The fraction of sp³-hybridized carbons (Fsp3) is 0.630. The van der Waals surface area contributed by atoms with Crippen LogP contribution >= 0.6 is 0 Å². The van der Waals surface area contributed by atoms with E-state index in [9.17, 15) is 0 Å². The Morgan fingerprint density at radius 2 is 1.77 bits per heavy atom. The average molecular weight is 441 g/mol. The summed E-state index contributed by atoms with van der Waals surface area (Å²) in [7, 11) is 1.68. The highest BCUT2D eigenvalue weighted by atomic mass is 28.4. The largest absolute Gasteiger partial charge is 0.493 e. The summed E-state index contributed by atoms with van der Waals surface area (Å²) >= 11 is 0. The lowest BCUT2D eigenvalue weighted by Gasteiger charge is -2.46. The molecule has 3 atom stereocenters. The predicted octanol–water partition coefficient (Wildman–Crippen LogP) is 7.17. The van der Waals surface area contributed by atoms with Gasteiger partial charge in [0.25, 0.3) is 0 Å². The molecule has 0 saturated heterocycles. The summed E-state index contributed by atoms with van der Waals surface area (Å²) in [5.41, 5.74) is 5.89. The first-order chi connectivity index (χ1) is 14.5. The highest BCUT2D eigenvalue weighted by molar-refractivity contribution is 6.74. The molecule has 0 amide bonds. The maximum Gasteiger partial charge on any atom is 0.192 e. The smallest absolute Gasteiger partial charge is 0.192 e. The van der Waals surface area contributed by atoms with E-state index in [1.165, 1.54) is 30.4 Å². The minimum absolute atomic E-state index is 0.233. The van der Waals surface area contributed by atoms with E-state index >= 15 is 0 Å². The molecule has 0 heterocycles. The molecular formula is C27H40O3Si. The lowest BCUT2D eigenvalue weighted by atomic mass is 9.65. The van der Waals surface area contributed by atoms with Crippen molar-refractivity contribution in [2.24, 2.45) is 11.3 Å². The minimum atomic E-state index is -1.79. The molecule has 0 radical (unpaired) electrons. The Morgan fingerprint density at radius 3 is 2.42 bits per heavy atom. The molecule has 3 nitrogen and oxygen atoms in total. The van der Waals surface area contributed by atoms with Crippen molar-refractivity contribution in [1.82, 2.24) is 0 Å². The van der Waals surface area contributed by atoms with Gasteiger partial charge in [0.2, 0.25) is 0 Å². The number of fused-ring (bicyclic) bond motifs is 3. The second kappa shape index (κ2) is 7.81. The number of ether oxygens (including phenoxy) is 2. The Labute approximate surface area is 190 Å². The van der Waals surface area contributed by atoms with E-state index in [4.69, 9.17) is 13.9 Å². The molecule has 0 aliphatic heterocycles. The van der Waals surface area contributed by atoms with Crippen LogP contribution in [0, 0.1) is 11.3 Å². The van der Waals surface area contributed by atoms with Gasteiger partial charge < -0.3 is 13.9 Å². The van der Waals surface area contributed by atoms with Crippen LogP contribution in [0.5, 0.6) is 11.5 Å². The van der Waals surface area contributed by atoms with Gasteiger partial charge in [0.1, 0.15) is 0 Å². The van der Waals surface area contributed by atoms with Crippen LogP contribution in [0.25, 0.3) is 6.08 Å². The SMILES string of the molecule is COc1ccc2c(c1OC)CC1=C(C=C2)[C@@H]2CC[C@H](O[Si](C)(C)C(C)(C)C)[C@@]2(C)CC1. The van der Waals surface area contributed by atoms with Crippen molar-refractivity contribution in [3.8, 4) is 11.5 Å². The number of hydrogen-bond donors (Lipinski definition) is 0. The molecule has 0 N–H and O–H groups in total. The number of methoxy groups -OCH3 is 2. The van der Waals surface area contributed by atoms with E-state index in [1.54, 1.807) is 25.4 Å². The van der Waals surface area contributed by atoms with E-state index in [2.05, 4.69) is 59.0 Å². The van der Waals surface area contributed by atoms with E-state index in [0.29, 0.717) is 12.0 Å².